The summed E-state index contributed by atoms with van der Waals surface area (Å²) in [4.78, 5) is 12.0. The minimum atomic E-state index is -0.0418. The Kier molecular flexibility index (Phi) is 5.51. The molecular formula is C13H15BrCl2N2O. The van der Waals surface area contributed by atoms with Gasteiger partial charge in [0.25, 0.3) is 0 Å². The summed E-state index contributed by atoms with van der Waals surface area (Å²) in [5, 5.41) is 6.98. The summed E-state index contributed by atoms with van der Waals surface area (Å²) in [7, 11) is 0. The van der Waals surface area contributed by atoms with Crippen LogP contribution in [0.25, 0.3) is 0 Å². The lowest BCUT2D eigenvalue weighted by atomic mass is 9.96. The maximum Gasteiger partial charge on any atom is 0.224 e. The van der Waals surface area contributed by atoms with Crippen molar-refractivity contribution in [3.63, 3.8) is 0 Å². The maximum atomic E-state index is 12.0. The van der Waals surface area contributed by atoms with Crippen LogP contribution in [0, 0.1) is 5.92 Å². The molecule has 0 aliphatic carbocycles. The molecule has 19 heavy (non-hydrogen) atoms. The molecule has 0 saturated carbocycles. The highest BCUT2D eigenvalue weighted by molar-refractivity contribution is 9.10. The lowest BCUT2D eigenvalue weighted by molar-refractivity contribution is -0.117. The van der Waals surface area contributed by atoms with Gasteiger partial charge in [-0.15, -0.1) is 0 Å². The molecule has 1 unspecified atom stereocenters. The second-order valence-corrected chi connectivity index (χ2v) is 6.44. The van der Waals surface area contributed by atoms with Crippen LogP contribution in [0.5, 0.6) is 0 Å². The second kappa shape index (κ2) is 6.93. The Morgan fingerprint density at radius 3 is 2.68 bits per heavy atom. The molecule has 1 aliphatic rings. The summed E-state index contributed by atoms with van der Waals surface area (Å²) in [6.07, 6.45) is 2.70. The van der Waals surface area contributed by atoms with Crippen molar-refractivity contribution in [2.45, 2.75) is 19.3 Å². The number of anilines is 1. The van der Waals surface area contributed by atoms with E-state index in [0.717, 1.165) is 30.4 Å². The van der Waals surface area contributed by atoms with E-state index in [9.17, 15) is 4.79 Å². The molecule has 0 radical (unpaired) electrons. The van der Waals surface area contributed by atoms with Crippen LogP contribution in [-0.2, 0) is 4.79 Å². The van der Waals surface area contributed by atoms with E-state index in [1.807, 2.05) is 0 Å². The van der Waals surface area contributed by atoms with E-state index < -0.39 is 0 Å². The Labute approximate surface area is 131 Å². The summed E-state index contributed by atoms with van der Waals surface area (Å²) in [6, 6.07) is 3.43. The average molecular weight is 366 g/mol. The van der Waals surface area contributed by atoms with E-state index in [1.54, 1.807) is 12.1 Å². The second-order valence-electron chi connectivity index (χ2n) is 4.71. The molecule has 1 heterocycles. The normalized spacial score (nSPS) is 19.2. The van der Waals surface area contributed by atoms with Crippen LogP contribution in [-0.4, -0.2) is 19.0 Å². The number of rotatable bonds is 3. The maximum absolute atomic E-state index is 12.0. The van der Waals surface area contributed by atoms with Crippen molar-refractivity contribution in [1.29, 1.82) is 0 Å². The van der Waals surface area contributed by atoms with Gasteiger partial charge in [0.05, 0.1) is 15.7 Å². The van der Waals surface area contributed by atoms with E-state index in [1.165, 1.54) is 0 Å². The monoisotopic (exact) mass is 364 g/mol. The van der Waals surface area contributed by atoms with Gasteiger partial charge >= 0.3 is 0 Å². The van der Waals surface area contributed by atoms with Crippen molar-refractivity contribution in [2.24, 2.45) is 5.92 Å². The van der Waals surface area contributed by atoms with Crippen molar-refractivity contribution in [3.05, 3.63) is 26.7 Å². The lowest BCUT2D eigenvalue weighted by Crippen LogP contribution is -2.32. The first-order valence-electron chi connectivity index (χ1n) is 6.21. The molecule has 2 rings (SSSR count). The SMILES string of the molecule is O=C(CC1CCCNC1)Nc1c(Cl)cc(Br)cc1Cl. The third kappa shape index (κ3) is 4.35. The zero-order valence-corrected chi connectivity index (χ0v) is 13.4. The summed E-state index contributed by atoms with van der Waals surface area (Å²) < 4.78 is 0.789. The molecule has 0 aromatic heterocycles. The summed E-state index contributed by atoms with van der Waals surface area (Å²) in [5.41, 5.74) is 0.486. The lowest BCUT2D eigenvalue weighted by Gasteiger charge is -2.22. The molecular weight excluding hydrogens is 351 g/mol. The Bertz CT molecular complexity index is 453. The molecule has 6 heteroatoms. The number of piperidine rings is 1. The van der Waals surface area contributed by atoms with Crippen LogP contribution in [0.3, 0.4) is 0 Å². The highest BCUT2D eigenvalue weighted by Crippen LogP contribution is 2.34. The van der Waals surface area contributed by atoms with Crippen LogP contribution < -0.4 is 10.6 Å². The fourth-order valence-corrected chi connectivity index (χ4v) is 3.52. The van der Waals surface area contributed by atoms with E-state index in [2.05, 4.69) is 26.6 Å². The third-order valence-electron chi connectivity index (χ3n) is 3.14. The third-order valence-corrected chi connectivity index (χ3v) is 4.20. The fourth-order valence-electron chi connectivity index (χ4n) is 2.21. The Morgan fingerprint density at radius 2 is 2.11 bits per heavy atom. The first-order valence-corrected chi connectivity index (χ1v) is 7.76. The van der Waals surface area contributed by atoms with Crippen molar-refractivity contribution >= 4 is 50.7 Å². The smallest absolute Gasteiger partial charge is 0.224 e. The molecule has 1 fully saturated rings. The highest BCUT2D eigenvalue weighted by atomic mass is 79.9. The number of benzene rings is 1. The topological polar surface area (TPSA) is 41.1 Å². The van der Waals surface area contributed by atoms with Crippen molar-refractivity contribution in [2.75, 3.05) is 18.4 Å². The first-order chi connectivity index (χ1) is 9.06. The molecule has 104 valence electrons. The fraction of sp³-hybridized carbons (Fsp3) is 0.462. The van der Waals surface area contributed by atoms with Crippen LogP contribution >= 0.6 is 39.1 Å². The standard InChI is InChI=1S/C13H15BrCl2N2O/c14-9-5-10(15)13(11(16)6-9)18-12(19)4-8-2-1-3-17-7-8/h5-6,8,17H,1-4,7H2,(H,18,19). The molecule has 2 N–H and O–H groups in total. The van der Waals surface area contributed by atoms with Gasteiger partial charge in [0.1, 0.15) is 0 Å². The van der Waals surface area contributed by atoms with Crippen LogP contribution in [0.4, 0.5) is 5.69 Å². The molecule has 1 saturated heterocycles. The zero-order valence-electron chi connectivity index (χ0n) is 10.3. The molecule has 1 aromatic rings. The first kappa shape index (κ1) is 15.1. The van der Waals surface area contributed by atoms with Gasteiger partial charge in [-0.1, -0.05) is 39.1 Å². The van der Waals surface area contributed by atoms with E-state index in [4.69, 9.17) is 23.2 Å². The molecule has 1 aliphatic heterocycles. The van der Waals surface area contributed by atoms with Crippen molar-refractivity contribution in [1.82, 2.24) is 5.32 Å². The van der Waals surface area contributed by atoms with Crippen molar-refractivity contribution < 1.29 is 4.79 Å². The minimum Gasteiger partial charge on any atom is -0.324 e. The number of nitrogens with one attached hydrogen (secondary N) is 2. The number of carbonyl (C=O) groups is 1. The number of carbonyl (C=O) groups excluding carboxylic acids is 1. The van der Waals surface area contributed by atoms with E-state index >= 15 is 0 Å². The van der Waals surface area contributed by atoms with Crippen LogP contribution in [0.1, 0.15) is 19.3 Å². The van der Waals surface area contributed by atoms with E-state index in [0.29, 0.717) is 28.1 Å². The number of hydrogen-bond acceptors (Lipinski definition) is 2. The quantitative estimate of drug-likeness (QED) is 0.847. The molecule has 3 nitrogen and oxygen atoms in total. The van der Waals surface area contributed by atoms with Crippen LogP contribution in [0.15, 0.2) is 16.6 Å². The zero-order chi connectivity index (χ0) is 13.8. The molecule has 1 aromatic carbocycles. The Balaban J connectivity index is 1.98. The van der Waals surface area contributed by atoms with Gasteiger partial charge in [-0.25, -0.2) is 0 Å². The summed E-state index contributed by atoms with van der Waals surface area (Å²) >= 11 is 15.5. The molecule has 1 amide bonds. The van der Waals surface area contributed by atoms with Gasteiger partial charge in [-0.05, 0) is 44.0 Å². The minimum absolute atomic E-state index is 0.0418. The number of amides is 1. The molecule has 0 spiro atoms. The van der Waals surface area contributed by atoms with Gasteiger partial charge in [0.15, 0.2) is 0 Å². The van der Waals surface area contributed by atoms with Gasteiger partial charge in [-0.2, -0.15) is 0 Å². The predicted octanol–water partition coefficient (Wildman–Crippen LogP) is 4.08. The Morgan fingerprint density at radius 1 is 1.42 bits per heavy atom. The van der Waals surface area contributed by atoms with Gasteiger partial charge in [0, 0.05) is 10.9 Å². The van der Waals surface area contributed by atoms with Gasteiger partial charge in [0.2, 0.25) is 5.91 Å². The van der Waals surface area contributed by atoms with Gasteiger partial charge < -0.3 is 10.6 Å². The average Bonchev–Trinajstić information content (AvgIpc) is 2.35. The predicted molar refractivity (Wildman–Crippen MR) is 83.0 cm³/mol. The Hall–Kier alpha value is -0.290. The molecule has 0 bridgehead atoms. The summed E-state index contributed by atoms with van der Waals surface area (Å²) in [5.74, 6) is 0.349. The molecule has 1 atom stereocenters. The summed E-state index contributed by atoms with van der Waals surface area (Å²) in [6.45, 7) is 1.94. The largest absolute Gasteiger partial charge is 0.324 e. The number of hydrogen-bond donors (Lipinski definition) is 2. The van der Waals surface area contributed by atoms with E-state index in [-0.39, 0.29) is 5.91 Å². The van der Waals surface area contributed by atoms with Crippen LogP contribution in [0.2, 0.25) is 10.0 Å². The highest BCUT2D eigenvalue weighted by Gasteiger charge is 2.18. The van der Waals surface area contributed by atoms with Crippen molar-refractivity contribution in [3.8, 4) is 0 Å². The van der Waals surface area contributed by atoms with Gasteiger partial charge in [-0.3, -0.25) is 4.79 Å². The number of halogens is 3.